The molecule has 4 aromatic rings. The predicted octanol–water partition coefficient (Wildman–Crippen LogP) is 3.47. The van der Waals surface area contributed by atoms with Crippen molar-refractivity contribution in [2.75, 3.05) is 13.7 Å². The molecule has 3 aromatic heterocycles. The standard InChI is InChI=1S/C20H20ClN5O2/c1-13(19-24-23-18-5-3-4-8-26(18)19)22-20(27)17-12-14-11-15(21)6-7-16(14)25(17)9-10-28-2/h3-8,11-13H,9-10H2,1-2H3,(H,22,27)/t13-/m1/s1. The molecular weight excluding hydrogens is 378 g/mol. The van der Waals surface area contributed by atoms with Gasteiger partial charge in [-0.2, -0.15) is 0 Å². The van der Waals surface area contributed by atoms with Crippen LogP contribution in [0.25, 0.3) is 16.6 Å². The van der Waals surface area contributed by atoms with Crippen LogP contribution in [-0.4, -0.2) is 38.8 Å². The minimum atomic E-state index is -0.317. The van der Waals surface area contributed by atoms with Crippen molar-refractivity contribution < 1.29 is 9.53 Å². The molecule has 0 unspecified atom stereocenters. The van der Waals surface area contributed by atoms with Gasteiger partial charge in [-0.1, -0.05) is 17.7 Å². The minimum Gasteiger partial charge on any atom is -0.383 e. The number of ether oxygens (including phenoxy) is 1. The topological polar surface area (TPSA) is 73.4 Å². The van der Waals surface area contributed by atoms with Crippen molar-refractivity contribution in [1.29, 1.82) is 0 Å². The summed E-state index contributed by atoms with van der Waals surface area (Å²) < 4.78 is 9.02. The van der Waals surface area contributed by atoms with Crippen molar-refractivity contribution in [2.24, 2.45) is 0 Å². The molecule has 0 aliphatic carbocycles. The largest absolute Gasteiger partial charge is 0.383 e. The molecule has 1 amide bonds. The molecule has 0 fully saturated rings. The normalized spacial score (nSPS) is 12.5. The molecule has 0 saturated carbocycles. The summed E-state index contributed by atoms with van der Waals surface area (Å²) in [6.07, 6.45) is 1.88. The Kier molecular flexibility index (Phi) is 5.02. The molecule has 28 heavy (non-hydrogen) atoms. The maximum absolute atomic E-state index is 13.1. The van der Waals surface area contributed by atoms with Gasteiger partial charge in [0.2, 0.25) is 0 Å². The van der Waals surface area contributed by atoms with Crippen molar-refractivity contribution >= 4 is 34.1 Å². The lowest BCUT2D eigenvalue weighted by atomic mass is 10.2. The van der Waals surface area contributed by atoms with Gasteiger partial charge < -0.3 is 14.6 Å². The number of rotatable bonds is 6. The van der Waals surface area contributed by atoms with Crippen LogP contribution in [0.4, 0.5) is 0 Å². The van der Waals surface area contributed by atoms with E-state index in [1.165, 1.54) is 0 Å². The molecule has 3 heterocycles. The average molecular weight is 398 g/mol. The number of carbonyl (C=O) groups is 1. The molecule has 1 aromatic carbocycles. The second-order valence-electron chi connectivity index (χ2n) is 6.56. The third kappa shape index (κ3) is 3.34. The Balaban J connectivity index is 1.66. The van der Waals surface area contributed by atoms with Crippen molar-refractivity contribution in [3.8, 4) is 0 Å². The second-order valence-corrected chi connectivity index (χ2v) is 7.00. The van der Waals surface area contributed by atoms with E-state index in [9.17, 15) is 4.79 Å². The maximum Gasteiger partial charge on any atom is 0.268 e. The molecule has 1 atom stereocenters. The van der Waals surface area contributed by atoms with Crippen LogP contribution in [0.3, 0.4) is 0 Å². The van der Waals surface area contributed by atoms with Crippen LogP contribution in [0.15, 0.2) is 48.7 Å². The summed E-state index contributed by atoms with van der Waals surface area (Å²) in [7, 11) is 1.64. The maximum atomic E-state index is 13.1. The van der Waals surface area contributed by atoms with E-state index in [-0.39, 0.29) is 11.9 Å². The van der Waals surface area contributed by atoms with Gasteiger partial charge in [0.25, 0.3) is 5.91 Å². The quantitative estimate of drug-likeness (QED) is 0.540. The summed E-state index contributed by atoms with van der Waals surface area (Å²) in [5, 5.41) is 12.9. The number of methoxy groups -OCH3 is 1. The van der Waals surface area contributed by atoms with Gasteiger partial charge in [-0.05, 0) is 43.3 Å². The summed E-state index contributed by atoms with van der Waals surface area (Å²) in [4.78, 5) is 13.1. The van der Waals surface area contributed by atoms with Gasteiger partial charge in [-0.15, -0.1) is 10.2 Å². The zero-order valence-corrected chi connectivity index (χ0v) is 16.3. The first-order chi connectivity index (χ1) is 13.6. The van der Waals surface area contributed by atoms with E-state index in [0.717, 1.165) is 16.6 Å². The molecule has 1 N–H and O–H groups in total. The smallest absolute Gasteiger partial charge is 0.268 e. The van der Waals surface area contributed by atoms with Crippen LogP contribution >= 0.6 is 11.6 Å². The van der Waals surface area contributed by atoms with Crippen LogP contribution in [0.5, 0.6) is 0 Å². The number of aromatic nitrogens is 4. The number of pyridine rings is 1. The summed E-state index contributed by atoms with van der Waals surface area (Å²) in [6, 6.07) is 12.8. The molecular formula is C20H20ClN5O2. The number of nitrogens with one attached hydrogen (secondary N) is 1. The summed E-state index contributed by atoms with van der Waals surface area (Å²) in [5.74, 6) is 0.482. The molecule has 144 valence electrons. The van der Waals surface area contributed by atoms with Gasteiger partial charge in [0, 0.05) is 35.8 Å². The second kappa shape index (κ2) is 7.61. The average Bonchev–Trinajstić information content (AvgIpc) is 3.27. The molecule has 7 nitrogen and oxygen atoms in total. The molecule has 0 saturated heterocycles. The SMILES string of the molecule is COCCn1c(C(=O)N[C@H](C)c2nnc3ccccn23)cc2cc(Cl)ccc21. The highest BCUT2D eigenvalue weighted by atomic mass is 35.5. The highest BCUT2D eigenvalue weighted by Crippen LogP contribution is 2.24. The fourth-order valence-corrected chi connectivity index (χ4v) is 3.52. The van der Waals surface area contributed by atoms with Crippen molar-refractivity contribution in [3.05, 3.63) is 65.2 Å². The lowest BCUT2D eigenvalue weighted by Crippen LogP contribution is -2.30. The van der Waals surface area contributed by atoms with Crippen LogP contribution in [-0.2, 0) is 11.3 Å². The highest BCUT2D eigenvalue weighted by molar-refractivity contribution is 6.31. The van der Waals surface area contributed by atoms with E-state index in [1.807, 2.05) is 64.6 Å². The Morgan fingerprint density at radius 3 is 2.93 bits per heavy atom. The number of hydrogen-bond donors (Lipinski definition) is 1. The predicted molar refractivity (Wildman–Crippen MR) is 108 cm³/mol. The molecule has 0 radical (unpaired) electrons. The number of carbonyl (C=O) groups excluding carboxylic acids is 1. The Labute approximate surface area is 166 Å². The third-order valence-corrected chi connectivity index (χ3v) is 4.93. The van der Waals surface area contributed by atoms with Crippen molar-refractivity contribution in [1.82, 2.24) is 24.5 Å². The van der Waals surface area contributed by atoms with Crippen molar-refractivity contribution in [3.63, 3.8) is 0 Å². The first-order valence-electron chi connectivity index (χ1n) is 8.96. The molecule has 0 aliphatic rings. The lowest BCUT2D eigenvalue weighted by molar-refractivity contribution is 0.0926. The number of amides is 1. The van der Waals surface area contributed by atoms with E-state index >= 15 is 0 Å². The van der Waals surface area contributed by atoms with Crippen LogP contribution in [0.1, 0.15) is 29.3 Å². The Morgan fingerprint density at radius 2 is 2.11 bits per heavy atom. The number of benzene rings is 1. The fourth-order valence-electron chi connectivity index (χ4n) is 3.34. The summed E-state index contributed by atoms with van der Waals surface area (Å²) in [5.41, 5.74) is 2.23. The van der Waals surface area contributed by atoms with Gasteiger partial charge >= 0.3 is 0 Å². The van der Waals surface area contributed by atoms with E-state index in [0.29, 0.717) is 29.7 Å². The van der Waals surface area contributed by atoms with E-state index in [4.69, 9.17) is 16.3 Å². The number of nitrogens with zero attached hydrogens (tertiary/aromatic N) is 4. The Morgan fingerprint density at radius 1 is 1.25 bits per heavy atom. The number of fused-ring (bicyclic) bond motifs is 2. The highest BCUT2D eigenvalue weighted by Gasteiger charge is 2.20. The van der Waals surface area contributed by atoms with Crippen LogP contribution in [0, 0.1) is 0 Å². The van der Waals surface area contributed by atoms with Gasteiger partial charge in [-0.3, -0.25) is 9.20 Å². The number of hydrogen-bond acceptors (Lipinski definition) is 4. The van der Waals surface area contributed by atoms with E-state index < -0.39 is 0 Å². The summed E-state index contributed by atoms with van der Waals surface area (Å²) >= 11 is 6.12. The van der Waals surface area contributed by atoms with Crippen molar-refractivity contribution in [2.45, 2.75) is 19.5 Å². The monoisotopic (exact) mass is 397 g/mol. The summed E-state index contributed by atoms with van der Waals surface area (Å²) in [6.45, 7) is 2.95. The first kappa shape index (κ1) is 18.5. The molecule has 4 rings (SSSR count). The molecule has 0 aliphatic heterocycles. The number of halogens is 1. The van der Waals surface area contributed by atoms with Gasteiger partial charge in [0.05, 0.1) is 12.6 Å². The first-order valence-corrected chi connectivity index (χ1v) is 9.34. The van der Waals surface area contributed by atoms with Gasteiger partial charge in [-0.25, -0.2) is 0 Å². The van der Waals surface area contributed by atoms with Gasteiger partial charge in [0.1, 0.15) is 5.69 Å². The lowest BCUT2D eigenvalue weighted by Gasteiger charge is -2.14. The Bertz CT molecular complexity index is 1150. The molecule has 0 spiro atoms. The minimum absolute atomic E-state index is 0.191. The molecule has 0 bridgehead atoms. The van der Waals surface area contributed by atoms with E-state index in [2.05, 4.69) is 15.5 Å². The van der Waals surface area contributed by atoms with E-state index in [1.54, 1.807) is 7.11 Å². The van der Waals surface area contributed by atoms with Gasteiger partial charge in [0.15, 0.2) is 11.5 Å². The fraction of sp³-hybridized carbons (Fsp3) is 0.250. The van der Waals surface area contributed by atoms with Crippen LogP contribution < -0.4 is 5.32 Å². The zero-order valence-electron chi connectivity index (χ0n) is 15.6. The third-order valence-electron chi connectivity index (χ3n) is 4.69. The Hall–Kier alpha value is -2.90. The zero-order chi connectivity index (χ0) is 19.7. The molecule has 8 heteroatoms. The van der Waals surface area contributed by atoms with Crippen LogP contribution in [0.2, 0.25) is 5.02 Å².